The van der Waals surface area contributed by atoms with E-state index in [9.17, 15) is 0 Å². The van der Waals surface area contributed by atoms with Gasteiger partial charge in [-0.25, -0.2) is 0 Å². The maximum absolute atomic E-state index is 6.44. The quantitative estimate of drug-likeness (QED) is 0.627. The molecule has 0 amide bonds. The molecule has 2 N–H and O–H groups in total. The third-order valence-electron chi connectivity index (χ3n) is 5.70. The van der Waals surface area contributed by atoms with Crippen LogP contribution in [-0.4, -0.2) is 36.2 Å². The fraction of sp³-hybridized carbons (Fsp3) is 0.455. The van der Waals surface area contributed by atoms with E-state index in [2.05, 4.69) is 74.0 Å². The van der Waals surface area contributed by atoms with Gasteiger partial charge in [-0.3, -0.25) is 4.90 Å². The van der Waals surface area contributed by atoms with Crippen molar-refractivity contribution in [1.82, 2.24) is 4.90 Å². The highest BCUT2D eigenvalue weighted by Crippen LogP contribution is 2.40. The van der Waals surface area contributed by atoms with E-state index < -0.39 is 0 Å². The molecule has 0 aromatic heterocycles. The Morgan fingerprint density at radius 2 is 1.93 bits per heavy atom. The van der Waals surface area contributed by atoms with E-state index in [0.29, 0.717) is 25.3 Å². The zero-order chi connectivity index (χ0) is 19.7. The van der Waals surface area contributed by atoms with Gasteiger partial charge < -0.3 is 15.2 Å². The second-order valence-electron chi connectivity index (χ2n) is 7.79. The van der Waals surface area contributed by atoms with Gasteiger partial charge in [-0.15, -0.1) is 0 Å². The number of rotatable bonds is 4. The number of fused-ring (bicyclic) bond motifs is 1. The van der Waals surface area contributed by atoms with Crippen molar-refractivity contribution in [2.24, 2.45) is 5.73 Å². The van der Waals surface area contributed by atoms with Gasteiger partial charge in [0.15, 0.2) is 0 Å². The van der Waals surface area contributed by atoms with Crippen molar-refractivity contribution in [3.8, 4) is 5.75 Å². The Labute approximate surface area is 183 Å². The highest BCUT2D eigenvalue weighted by atomic mass is 79.9. The molecule has 2 aromatic rings. The number of benzene rings is 2. The standard InChI is InChI=1S/C22H26Br2N2O2/c1-14-8-18(25)6-7-26(14)22-19-4-2-3-5-20(19)28-13-21(22)27-12-15-9-16(23)11-17(24)10-15/h2-5,9-11,14,18,21-22H,6-8,12-13,25H2,1H3/t14-,18+,21?,22?/m0/s1. The van der Waals surface area contributed by atoms with Crippen LogP contribution in [0.4, 0.5) is 0 Å². The molecule has 2 unspecified atom stereocenters. The zero-order valence-corrected chi connectivity index (χ0v) is 19.2. The summed E-state index contributed by atoms with van der Waals surface area (Å²) < 4.78 is 14.6. The van der Waals surface area contributed by atoms with Crippen LogP contribution in [0.2, 0.25) is 0 Å². The van der Waals surface area contributed by atoms with E-state index in [4.69, 9.17) is 15.2 Å². The number of nitrogens with two attached hydrogens (primary N) is 1. The molecule has 0 aliphatic carbocycles. The molecule has 2 heterocycles. The Kier molecular flexibility index (Phi) is 6.43. The van der Waals surface area contributed by atoms with Crippen molar-refractivity contribution in [1.29, 1.82) is 0 Å². The average Bonchev–Trinajstić information content (AvgIpc) is 2.66. The number of ether oxygens (including phenoxy) is 2. The van der Waals surface area contributed by atoms with Gasteiger partial charge in [0.05, 0.1) is 12.6 Å². The van der Waals surface area contributed by atoms with Crippen LogP contribution in [0.3, 0.4) is 0 Å². The Hall–Kier alpha value is -0.920. The maximum atomic E-state index is 6.44. The molecule has 2 aliphatic heterocycles. The van der Waals surface area contributed by atoms with Gasteiger partial charge in [0.25, 0.3) is 0 Å². The summed E-state index contributed by atoms with van der Waals surface area (Å²) in [6.07, 6.45) is 2.02. The number of para-hydroxylation sites is 1. The summed E-state index contributed by atoms with van der Waals surface area (Å²) in [7, 11) is 0. The van der Waals surface area contributed by atoms with Gasteiger partial charge in [-0.2, -0.15) is 0 Å². The lowest BCUT2D eigenvalue weighted by atomic mass is 9.90. The lowest BCUT2D eigenvalue weighted by Gasteiger charge is -2.46. The summed E-state index contributed by atoms with van der Waals surface area (Å²) in [5.74, 6) is 0.972. The predicted molar refractivity (Wildman–Crippen MR) is 118 cm³/mol. The maximum Gasteiger partial charge on any atom is 0.124 e. The largest absolute Gasteiger partial charge is 0.490 e. The van der Waals surface area contributed by atoms with Crippen molar-refractivity contribution in [2.75, 3.05) is 13.2 Å². The van der Waals surface area contributed by atoms with Crippen molar-refractivity contribution >= 4 is 31.9 Å². The van der Waals surface area contributed by atoms with E-state index in [1.165, 1.54) is 5.56 Å². The smallest absolute Gasteiger partial charge is 0.124 e. The molecular formula is C22H26Br2N2O2. The molecule has 1 fully saturated rings. The van der Waals surface area contributed by atoms with Gasteiger partial charge in [-0.05, 0) is 49.6 Å². The van der Waals surface area contributed by atoms with Crippen molar-refractivity contribution in [2.45, 2.75) is 50.6 Å². The molecule has 150 valence electrons. The molecule has 2 aliphatic rings. The van der Waals surface area contributed by atoms with Crippen LogP contribution in [0.5, 0.6) is 5.75 Å². The first-order chi connectivity index (χ1) is 13.5. The average molecular weight is 510 g/mol. The number of hydrogen-bond donors (Lipinski definition) is 1. The molecule has 0 bridgehead atoms. The van der Waals surface area contributed by atoms with Crippen LogP contribution in [0, 0.1) is 0 Å². The minimum atomic E-state index is -0.0237. The molecule has 4 atom stereocenters. The second kappa shape index (κ2) is 8.84. The number of likely N-dealkylation sites (tertiary alicyclic amines) is 1. The Morgan fingerprint density at radius 1 is 1.18 bits per heavy atom. The summed E-state index contributed by atoms with van der Waals surface area (Å²) in [6.45, 7) is 4.38. The van der Waals surface area contributed by atoms with Crippen LogP contribution in [0.1, 0.15) is 36.9 Å². The molecule has 6 heteroatoms. The lowest BCUT2D eigenvalue weighted by molar-refractivity contribution is -0.0749. The summed E-state index contributed by atoms with van der Waals surface area (Å²) in [6, 6.07) is 15.5. The van der Waals surface area contributed by atoms with E-state index >= 15 is 0 Å². The second-order valence-corrected chi connectivity index (χ2v) is 9.62. The normalized spacial score (nSPS) is 27.9. The monoisotopic (exact) mass is 508 g/mol. The van der Waals surface area contributed by atoms with Crippen LogP contribution in [0.25, 0.3) is 0 Å². The Balaban J connectivity index is 1.58. The Morgan fingerprint density at radius 3 is 2.68 bits per heavy atom. The van der Waals surface area contributed by atoms with Gasteiger partial charge >= 0.3 is 0 Å². The molecule has 4 nitrogen and oxygen atoms in total. The van der Waals surface area contributed by atoms with Crippen LogP contribution in [-0.2, 0) is 11.3 Å². The van der Waals surface area contributed by atoms with Gasteiger partial charge in [0.2, 0.25) is 0 Å². The predicted octanol–water partition coefficient (Wildman–Crippen LogP) is 5.04. The van der Waals surface area contributed by atoms with E-state index in [0.717, 1.165) is 39.6 Å². The number of hydrogen-bond acceptors (Lipinski definition) is 4. The summed E-state index contributed by atoms with van der Waals surface area (Å²) >= 11 is 7.12. The van der Waals surface area contributed by atoms with Crippen molar-refractivity contribution in [3.63, 3.8) is 0 Å². The van der Waals surface area contributed by atoms with Gasteiger partial charge in [-0.1, -0.05) is 50.1 Å². The highest BCUT2D eigenvalue weighted by molar-refractivity contribution is 9.11. The third kappa shape index (κ3) is 4.46. The van der Waals surface area contributed by atoms with Crippen LogP contribution < -0.4 is 10.5 Å². The first-order valence-corrected chi connectivity index (χ1v) is 11.4. The molecular weight excluding hydrogens is 484 g/mol. The molecule has 0 saturated carbocycles. The minimum absolute atomic E-state index is 0.0237. The highest BCUT2D eigenvalue weighted by Gasteiger charge is 2.39. The molecule has 0 radical (unpaired) electrons. The van der Waals surface area contributed by atoms with Gasteiger partial charge in [0, 0.05) is 33.1 Å². The lowest BCUT2D eigenvalue weighted by Crippen LogP contribution is -2.52. The summed E-state index contributed by atoms with van der Waals surface area (Å²) in [4.78, 5) is 2.56. The molecule has 1 saturated heterocycles. The number of nitrogens with zero attached hydrogens (tertiary/aromatic N) is 1. The number of piperidine rings is 1. The van der Waals surface area contributed by atoms with Crippen molar-refractivity contribution in [3.05, 3.63) is 62.5 Å². The van der Waals surface area contributed by atoms with Gasteiger partial charge in [0.1, 0.15) is 18.5 Å². The van der Waals surface area contributed by atoms with E-state index in [1.54, 1.807) is 0 Å². The summed E-state index contributed by atoms with van der Waals surface area (Å²) in [5.41, 5.74) is 8.57. The third-order valence-corrected chi connectivity index (χ3v) is 6.62. The fourth-order valence-electron chi connectivity index (χ4n) is 4.39. The zero-order valence-electron chi connectivity index (χ0n) is 16.0. The molecule has 2 aromatic carbocycles. The minimum Gasteiger partial charge on any atom is -0.490 e. The number of halogens is 2. The fourth-order valence-corrected chi connectivity index (χ4v) is 5.78. The first kappa shape index (κ1) is 20.4. The van der Waals surface area contributed by atoms with Crippen molar-refractivity contribution < 1.29 is 9.47 Å². The topological polar surface area (TPSA) is 47.7 Å². The van der Waals surface area contributed by atoms with Crippen LogP contribution in [0.15, 0.2) is 51.4 Å². The van der Waals surface area contributed by atoms with Crippen LogP contribution >= 0.6 is 31.9 Å². The molecule has 0 spiro atoms. The Bertz CT molecular complexity index is 812. The SMILES string of the molecule is C[C@H]1C[C@H](N)CCN1C1c2ccccc2OCC1OCc1cc(Br)cc(Br)c1. The first-order valence-electron chi connectivity index (χ1n) is 9.81. The summed E-state index contributed by atoms with van der Waals surface area (Å²) in [5, 5.41) is 0. The van der Waals surface area contributed by atoms with E-state index in [-0.39, 0.29) is 12.1 Å². The molecule has 28 heavy (non-hydrogen) atoms. The van der Waals surface area contributed by atoms with E-state index in [1.807, 2.05) is 12.1 Å². The molecule has 4 rings (SSSR count).